The Morgan fingerprint density at radius 1 is 1.00 bits per heavy atom. The second-order valence-electron chi connectivity index (χ2n) is 7.13. The van der Waals surface area contributed by atoms with Crippen LogP contribution in [0.1, 0.15) is 15.9 Å². The highest BCUT2D eigenvalue weighted by molar-refractivity contribution is 6.04. The van der Waals surface area contributed by atoms with Crippen molar-refractivity contribution in [3.8, 4) is 5.75 Å². The molecule has 2 amide bonds. The van der Waals surface area contributed by atoms with Gasteiger partial charge in [0.15, 0.2) is 5.65 Å². The second-order valence-corrected chi connectivity index (χ2v) is 7.13. The lowest BCUT2D eigenvalue weighted by Gasteiger charge is -2.07. The number of rotatable bonds is 6. The van der Waals surface area contributed by atoms with E-state index in [1.54, 1.807) is 49.6 Å². The largest absolute Gasteiger partial charge is 0.497 e. The highest BCUT2D eigenvalue weighted by Crippen LogP contribution is 2.16. The first kappa shape index (κ1) is 20.9. The summed E-state index contributed by atoms with van der Waals surface area (Å²) in [6.45, 7) is 1.63. The molecule has 4 rings (SSSR count). The van der Waals surface area contributed by atoms with E-state index in [1.165, 1.54) is 10.6 Å². The van der Waals surface area contributed by atoms with E-state index in [-0.39, 0.29) is 23.9 Å². The van der Waals surface area contributed by atoms with E-state index in [0.717, 1.165) is 10.2 Å². The molecule has 0 spiro atoms. The van der Waals surface area contributed by atoms with Crippen molar-refractivity contribution in [2.75, 3.05) is 17.7 Å². The third-order valence-electron chi connectivity index (χ3n) is 4.90. The first-order valence-corrected chi connectivity index (χ1v) is 9.85. The molecule has 0 fully saturated rings. The average molecular weight is 431 g/mol. The Labute approximate surface area is 183 Å². The number of nitrogens with zero attached hydrogens (tertiary/aromatic N) is 3. The summed E-state index contributed by atoms with van der Waals surface area (Å²) in [7, 11) is 1.56. The number of hydrogen-bond donors (Lipinski definition) is 2. The number of amides is 2. The molecule has 32 heavy (non-hydrogen) atoms. The summed E-state index contributed by atoms with van der Waals surface area (Å²) in [6.07, 6.45) is 1.40. The maximum Gasteiger partial charge on any atom is 0.350 e. The summed E-state index contributed by atoms with van der Waals surface area (Å²) in [6, 6.07) is 17.4. The van der Waals surface area contributed by atoms with Gasteiger partial charge in [-0.05, 0) is 55.0 Å². The molecule has 0 saturated heterocycles. The van der Waals surface area contributed by atoms with E-state index in [2.05, 4.69) is 15.7 Å². The average Bonchev–Trinajstić information content (AvgIpc) is 3.10. The zero-order chi connectivity index (χ0) is 22.7. The number of pyridine rings is 1. The van der Waals surface area contributed by atoms with Crippen LogP contribution in [0.15, 0.2) is 71.7 Å². The topological polar surface area (TPSA) is 107 Å². The number of carbonyl (C=O) groups excluding carboxylic acids is 2. The Bertz CT molecular complexity index is 1360. The molecule has 0 radical (unpaired) electrons. The van der Waals surface area contributed by atoms with Crippen molar-refractivity contribution in [3.63, 3.8) is 0 Å². The van der Waals surface area contributed by atoms with Crippen LogP contribution in [0.5, 0.6) is 5.75 Å². The maximum atomic E-state index is 12.7. The molecule has 4 aromatic rings. The number of aryl methyl sites for hydroxylation is 1. The Balaban J connectivity index is 1.51. The van der Waals surface area contributed by atoms with Gasteiger partial charge in [0.1, 0.15) is 12.3 Å². The van der Waals surface area contributed by atoms with Gasteiger partial charge < -0.3 is 15.4 Å². The van der Waals surface area contributed by atoms with Gasteiger partial charge in [-0.1, -0.05) is 18.2 Å². The molecule has 0 aliphatic rings. The predicted octanol–water partition coefficient (Wildman–Crippen LogP) is 2.70. The predicted molar refractivity (Wildman–Crippen MR) is 120 cm³/mol. The summed E-state index contributed by atoms with van der Waals surface area (Å²) < 4.78 is 7.40. The number of benzene rings is 2. The molecule has 2 N–H and O–H groups in total. The van der Waals surface area contributed by atoms with Crippen molar-refractivity contribution in [1.29, 1.82) is 0 Å². The van der Waals surface area contributed by atoms with E-state index in [0.29, 0.717) is 22.8 Å². The number of para-hydroxylation sites is 1. The minimum absolute atomic E-state index is 0.248. The monoisotopic (exact) mass is 431 g/mol. The van der Waals surface area contributed by atoms with Crippen LogP contribution < -0.4 is 21.1 Å². The number of anilines is 2. The third kappa shape index (κ3) is 4.36. The van der Waals surface area contributed by atoms with Gasteiger partial charge in [-0.2, -0.15) is 0 Å². The van der Waals surface area contributed by atoms with Crippen molar-refractivity contribution < 1.29 is 14.3 Å². The number of hydrogen-bond acceptors (Lipinski definition) is 5. The molecule has 9 heteroatoms. The second kappa shape index (κ2) is 8.76. The summed E-state index contributed by atoms with van der Waals surface area (Å²) in [4.78, 5) is 37.7. The SMILES string of the molecule is COc1ccc(NC(=O)c2ccc3nn(CC(=O)Nc4ccccc4C)c(=O)n3c2)cc1. The van der Waals surface area contributed by atoms with Gasteiger partial charge in [0, 0.05) is 17.6 Å². The highest BCUT2D eigenvalue weighted by Gasteiger charge is 2.14. The molecule has 2 aromatic carbocycles. The zero-order valence-corrected chi connectivity index (χ0v) is 17.5. The Kier molecular flexibility index (Phi) is 5.71. The van der Waals surface area contributed by atoms with Gasteiger partial charge in [0.25, 0.3) is 5.91 Å². The standard InChI is InChI=1S/C23H21N5O4/c1-15-5-3-4-6-19(15)25-21(29)14-28-23(31)27-13-16(7-12-20(27)26-28)22(30)24-17-8-10-18(32-2)11-9-17/h3-13H,14H2,1-2H3,(H,24,30)(H,25,29). The van der Waals surface area contributed by atoms with Crippen LogP contribution in [-0.2, 0) is 11.3 Å². The number of aromatic nitrogens is 3. The van der Waals surface area contributed by atoms with E-state index in [9.17, 15) is 14.4 Å². The van der Waals surface area contributed by atoms with Crippen molar-refractivity contribution in [2.24, 2.45) is 0 Å². The highest BCUT2D eigenvalue weighted by atomic mass is 16.5. The third-order valence-corrected chi connectivity index (χ3v) is 4.90. The molecular formula is C23H21N5O4. The van der Waals surface area contributed by atoms with Crippen LogP contribution in [0.25, 0.3) is 5.65 Å². The lowest BCUT2D eigenvalue weighted by atomic mass is 10.2. The fraction of sp³-hybridized carbons (Fsp3) is 0.130. The minimum atomic E-state index is -0.515. The number of ether oxygens (including phenoxy) is 1. The van der Waals surface area contributed by atoms with Gasteiger partial charge >= 0.3 is 5.69 Å². The Morgan fingerprint density at radius 3 is 2.47 bits per heavy atom. The molecule has 0 saturated carbocycles. The van der Waals surface area contributed by atoms with Gasteiger partial charge in [0.2, 0.25) is 5.91 Å². The molecule has 0 atom stereocenters. The van der Waals surface area contributed by atoms with Crippen LogP contribution in [0.3, 0.4) is 0 Å². The van der Waals surface area contributed by atoms with Crippen molar-refractivity contribution in [2.45, 2.75) is 13.5 Å². The van der Waals surface area contributed by atoms with Crippen LogP contribution in [0, 0.1) is 6.92 Å². The van der Waals surface area contributed by atoms with Crippen LogP contribution in [0.2, 0.25) is 0 Å². The smallest absolute Gasteiger partial charge is 0.350 e. The molecule has 9 nitrogen and oxygen atoms in total. The Morgan fingerprint density at radius 2 is 1.75 bits per heavy atom. The molecule has 0 bridgehead atoms. The van der Waals surface area contributed by atoms with Crippen molar-refractivity contribution in [1.82, 2.24) is 14.2 Å². The molecule has 162 valence electrons. The summed E-state index contributed by atoms with van der Waals surface area (Å²) in [5, 5.41) is 9.72. The molecule has 0 aliphatic heterocycles. The van der Waals surface area contributed by atoms with E-state index < -0.39 is 5.69 Å². The summed E-state index contributed by atoms with van der Waals surface area (Å²) in [5.41, 5.74) is 2.27. The van der Waals surface area contributed by atoms with Crippen molar-refractivity contribution >= 4 is 28.8 Å². The number of nitrogens with one attached hydrogen (secondary N) is 2. The first-order chi connectivity index (χ1) is 15.4. The molecule has 0 unspecified atom stereocenters. The molecule has 0 aliphatic carbocycles. The van der Waals surface area contributed by atoms with Crippen LogP contribution in [-0.4, -0.2) is 33.1 Å². The maximum absolute atomic E-state index is 12.7. The van der Waals surface area contributed by atoms with E-state index in [1.807, 2.05) is 25.1 Å². The summed E-state index contributed by atoms with van der Waals surface area (Å²) in [5.74, 6) is -0.0777. The number of carbonyl (C=O) groups is 2. The van der Waals surface area contributed by atoms with Gasteiger partial charge in [0.05, 0.1) is 12.7 Å². The quantitative estimate of drug-likeness (QED) is 0.488. The zero-order valence-electron chi connectivity index (χ0n) is 17.5. The van der Waals surface area contributed by atoms with Gasteiger partial charge in [-0.25, -0.2) is 13.9 Å². The van der Waals surface area contributed by atoms with Crippen LogP contribution >= 0.6 is 0 Å². The van der Waals surface area contributed by atoms with Gasteiger partial charge in [-0.3, -0.25) is 9.59 Å². The van der Waals surface area contributed by atoms with E-state index >= 15 is 0 Å². The summed E-state index contributed by atoms with van der Waals surface area (Å²) >= 11 is 0. The molecular weight excluding hydrogens is 410 g/mol. The molecule has 2 heterocycles. The fourth-order valence-electron chi connectivity index (χ4n) is 3.17. The first-order valence-electron chi connectivity index (χ1n) is 9.85. The lowest BCUT2D eigenvalue weighted by molar-refractivity contribution is -0.117. The van der Waals surface area contributed by atoms with Crippen molar-refractivity contribution in [3.05, 3.63) is 88.5 Å². The minimum Gasteiger partial charge on any atom is -0.497 e. The molecule has 2 aromatic heterocycles. The lowest BCUT2D eigenvalue weighted by Crippen LogP contribution is -2.28. The Hall–Kier alpha value is -4.40. The van der Waals surface area contributed by atoms with E-state index in [4.69, 9.17) is 4.74 Å². The van der Waals surface area contributed by atoms with Crippen LogP contribution in [0.4, 0.5) is 11.4 Å². The number of fused-ring (bicyclic) bond motifs is 1. The normalized spacial score (nSPS) is 10.7. The van der Waals surface area contributed by atoms with Gasteiger partial charge in [-0.15, -0.1) is 5.10 Å². The number of methoxy groups -OCH3 is 1. The fourth-order valence-corrected chi connectivity index (χ4v) is 3.17.